The molecule has 2 aromatic carbocycles. The molecule has 0 atom stereocenters. The van der Waals surface area contributed by atoms with E-state index in [0.29, 0.717) is 22.6 Å². The number of nitrogens with zero attached hydrogens (tertiary/aromatic N) is 5. The lowest BCUT2D eigenvalue weighted by Crippen LogP contribution is -2.62. The summed E-state index contributed by atoms with van der Waals surface area (Å²) in [5.74, 6) is 0.0472. The van der Waals surface area contributed by atoms with Crippen LogP contribution in [0.2, 0.25) is 0 Å². The van der Waals surface area contributed by atoms with E-state index in [4.69, 9.17) is 0 Å². The Bertz CT molecular complexity index is 1460. The van der Waals surface area contributed by atoms with Crippen molar-refractivity contribution < 1.29 is 26.4 Å². The van der Waals surface area contributed by atoms with E-state index in [-0.39, 0.29) is 30.8 Å². The number of rotatable bonds is 4. The summed E-state index contributed by atoms with van der Waals surface area (Å²) in [6.07, 6.45) is -1.93. The van der Waals surface area contributed by atoms with E-state index in [1.54, 1.807) is 35.9 Å². The summed E-state index contributed by atoms with van der Waals surface area (Å²) in [5.41, 5.74) is -0.149. The van der Waals surface area contributed by atoms with Crippen molar-refractivity contribution in [2.24, 2.45) is 7.05 Å². The van der Waals surface area contributed by atoms with Gasteiger partial charge in [-0.2, -0.15) is 17.5 Å². The lowest BCUT2D eigenvalue weighted by Gasteiger charge is -2.48. The molecule has 1 aromatic heterocycles. The van der Waals surface area contributed by atoms with Crippen molar-refractivity contribution in [1.29, 1.82) is 0 Å². The molecule has 0 N–H and O–H groups in total. The smallest absolute Gasteiger partial charge is 0.320 e. The number of alkyl halides is 3. The van der Waals surface area contributed by atoms with Crippen molar-refractivity contribution in [2.45, 2.75) is 25.1 Å². The fourth-order valence-electron chi connectivity index (χ4n) is 4.95. The molecule has 0 aliphatic carbocycles. The first-order valence-electron chi connectivity index (χ1n) is 10.7. The van der Waals surface area contributed by atoms with Crippen LogP contribution in [0.15, 0.2) is 42.7 Å². The number of halogens is 3. The largest absolute Gasteiger partial charge is 0.416 e. The minimum Gasteiger partial charge on any atom is -0.320 e. The maximum Gasteiger partial charge on any atom is 0.416 e. The number of hydrogen-bond donors (Lipinski definition) is 0. The van der Waals surface area contributed by atoms with Crippen LogP contribution >= 0.6 is 0 Å². The standard InChI is InChI=1S/C23H22F3N5O3S/c1-14-7-17-18(19(8-14)23(24,25)26)10-31(20(17)32)16-6-4-5-15(9-16)22(21-28-27-13-29(21)2)11-30(12-22)35(3,33)34/h4-9,13H,10-12H2,1-3H3. The zero-order chi connectivity index (χ0) is 25.3. The Labute approximate surface area is 200 Å². The number of fused-ring (bicyclic) bond motifs is 1. The highest BCUT2D eigenvalue weighted by atomic mass is 32.2. The van der Waals surface area contributed by atoms with Crippen LogP contribution in [0.3, 0.4) is 0 Å². The number of amides is 1. The van der Waals surface area contributed by atoms with Gasteiger partial charge in [-0.15, -0.1) is 10.2 Å². The molecule has 2 aliphatic heterocycles. The van der Waals surface area contributed by atoms with Gasteiger partial charge in [-0.25, -0.2) is 8.42 Å². The molecule has 0 radical (unpaired) electrons. The van der Waals surface area contributed by atoms with Gasteiger partial charge in [0.25, 0.3) is 5.91 Å². The second-order valence-electron chi connectivity index (χ2n) is 9.16. The number of aromatic nitrogens is 3. The van der Waals surface area contributed by atoms with Crippen LogP contribution in [0.25, 0.3) is 0 Å². The molecule has 1 fully saturated rings. The number of aryl methyl sites for hydroxylation is 2. The van der Waals surface area contributed by atoms with Crippen molar-refractivity contribution in [3.8, 4) is 0 Å². The lowest BCUT2D eigenvalue weighted by molar-refractivity contribution is -0.138. The number of anilines is 1. The Kier molecular flexibility index (Phi) is 5.12. The monoisotopic (exact) mass is 505 g/mol. The van der Waals surface area contributed by atoms with E-state index in [1.165, 1.54) is 28.5 Å². The molecule has 5 rings (SSSR count). The molecule has 0 saturated carbocycles. The highest BCUT2D eigenvalue weighted by Gasteiger charge is 2.52. The Morgan fingerprint density at radius 2 is 1.83 bits per heavy atom. The summed E-state index contributed by atoms with van der Waals surface area (Å²) >= 11 is 0. The first kappa shape index (κ1) is 23.5. The SMILES string of the molecule is Cc1cc2c(c(C(F)(F)F)c1)CN(c1cccc(C3(c4nncn4C)CN(S(C)(=O)=O)C3)c1)C2=O. The third-order valence-electron chi connectivity index (χ3n) is 6.70. The average Bonchev–Trinajstić information content (AvgIpc) is 3.29. The van der Waals surface area contributed by atoms with Crippen LogP contribution in [0.4, 0.5) is 18.9 Å². The van der Waals surface area contributed by atoms with Gasteiger partial charge >= 0.3 is 6.18 Å². The van der Waals surface area contributed by atoms with Gasteiger partial charge in [0, 0.05) is 31.4 Å². The predicted molar refractivity (Wildman–Crippen MR) is 121 cm³/mol. The summed E-state index contributed by atoms with van der Waals surface area (Å²) < 4.78 is 68.3. The van der Waals surface area contributed by atoms with Crippen LogP contribution in [-0.4, -0.2) is 52.7 Å². The normalized spacial score (nSPS) is 18.0. The summed E-state index contributed by atoms with van der Waals surface area (Å²) in [4.78, 5) is 14.5. The van der Waals surface area contributed by atoms with Crippen molar-refractivity contribution in [1.82, 2.24) is 19.1 Å². The van der Waals surface area contributed by atoms with E-state index in [0.717, 1.165) is 12.3 Å². The van der Waals surface area contributed by atoms with Gasteiger partial charge in [0.2, 0.25) is 10.0 Å². The van der Waals surface area contributed by atoms with Crippen molar-refractivity contribution in [2.75, 3.05) is 24.2 Å². The van der Waals surface area contributed by atoms with E-state index in [1.807, 2.05) is 0 Å². The first-order chi connectivity index (χ1) is 16.3. The Hall–Kier alpha value is -3.25. The fourth-order valence-corrected chi connectivity index (χ4v) is 5.86. The van der Waals surface area contributed by atoms with Gasteiger partial charge in [0.15, 0.2) is 0 Å². The minimum atomic E-state index is -4.58. The topological polar surface area (TPSA) is 88.4 Å². The van der Waals surface area contributed by atoms with Gasteiger partial charge < -0.3 is 9.47 Å². The Morgan fingerprint density at radius 1 is 1.11 bits per heavy atom. The molecule has 3 aromatic rings. The number of benzene rings is 2. The molecule has 2 aliphatic rings. The molecule has 1 amide bonds. The van der Waals surface area contributed by atoms with Gasteiger partial charge in [0.05, 0.1) is 23.8 Å². The molecular weight excluding hydrogens is 483 g/mol. The third kappa shape index (κ3) is 3.71. The number of carbonyl (C=O) groups excluding carboxylic acids is 1. The van der Waals surface area contributed by atoms with Crippen LogP contribution in [0, 0.1) is 6.92 Å². The van der Waals surface area contributed by atoms with Crippen LogP contribution < -0.4 is 4.90 Å². The summed E-state index contributed by atoms with van der Waals surface area (Å²) in [7, 11) is -1.68. The second-order valence-corrected chi connectivity index (χ2v) is 11.1. The zero-order valence-corrected chi connectivity index (χ0v) is 20.0. The number of carbonyl (C=O) groups is 1. The zero-order valence-electron chi connectivity index (χ0n) is 19.2. The van der Waals surface area contributed by atoms with E-state index < -0.39 is 33.1 Å². The molecule has 35 heavy (non-hydrogen) atoms. The number of sulfonamides is 1. The predicted octanol–water partition coefficient (Wildman–Crippen LogP) is 2.86. The van der Waals surface area contributed by atoms with Gasteiger partial charge in [0.1, 0.15) is 12.2 Å². The van der Waals surface area contributed by atoms with Crippen LogP contribution in [-0.2, 0) is 35.2 Å². The van der Waals surface area contributed by atoms with E-state index >= 15 is 0 Å². The molecule has 0 spiro atoms. The number of hydrogen-bond acceptors (Lipinski definition) is 5. The lowest BCUT2D eigenvalue weighted by atomic mass is 9.74. The third-order valence-corrected chi connectivity index (χ3v) is 7.90. The quantitative estimate of drug-likeness (QED) is 0.544. The van der Waals surface area contributed by atoms with Gasteiger partial charge in [-0.1, -0.05) is 12.1 Å². The van der Waals surface area contributed by atoms with Crippen LogP contribution in [0.5, 0.6) is 0 Å². The van der Waals surface area contributed by atoms with Gasteiger partial charge in [-0.05, 0) is 47.9 Å². The van der Waals surface area contributed by atoms with Gasteiger partial charge in [-0.3, -0.25) is 4.79 Å². The highest BCUT2D eigenvalue weighted by molar-refractivity contribution is 7.88. The second kappa shape index (κ2) is 7.62. The summed E-state index contributed by atoms with van der Waals surface area (Å²) in [6, 6.07) is 9.43. The van der Waals surface area contributed by atoms with Crippen LogP contribution in [0.1, 0.15) is 38.4 Å². The van der Waals surface area contributed by atoms with Crippen molar-refractivity contribution in [3.05, 3.63) is 76.4 Å². The Morgan fingerprint density at radius 3 is 2.43 bits per heavy atom. The molecule has 8 nitrogen and oxygen atoms in total. The highest BCUT2D eigenvalue weighted by Crippen LogP contribution is 2.43. The summed E-state index contributed by atoms with van der Waals surface area (Å²) in [5, 5.41) is 8.15. The summed E-state index contributed by atoms with van der Waals surface area (Å²) in [6.45, 7) is 1.58. The van der Waals surface area contributed by atoms with E-state index in [9.17, 15) is 26.4 Å². The molecule has 0 bridgehead atoms. The fraction of sp³-hybridized carbons (Fsp3) is 0.348. The molecule has 12 heteroatoms. The molecule has 184 valence electrons. The minimum absolute atomic E-state index is 0.0395. The first-order valence-corrected chi connectivity index (χ1v) is 12.6. The molecule has 3 heterocycles. The maximum absolute atomic E-state index is 13.7. The average molecular weight is 506 g/mol. The van der Waals surface area contributed by atoms with Crippen molar-refractivity contribution in [3.63, 3.8) is 0 Å². The van der Waals surface area contributed by atoms with Crippen molar-refractivity contribution >= 4 is 21.6 Å². The molecular formula is C23H22F3N5O3S. The van der Waals surface area contributed by atoms with E-state index in [2.05, 4.69) is 10.2 Å². The maximum atomic E-state index is 13.7. The Balaban J connectivity index is 1.56. The molecule has 0 unspecified atom stereocenters. The molecule has 1 saturated heterocycles.